The third kappa shape index (κ3) is 3.92. The van der Waals surface area contributed by atoms with Crippen LogP contribution in [0.1, 0.15) is 13.3 Å². The minimum absolute atomic E-state index is 0.0452. The summed E-state index contributed by atoms with van der Waals surface area (Å²) in [5.74, 6) is 0. The molecule has 1 atom stereocenters. The predicted molar refractivity (Wildman–Crippen MR) is 67.4 cm³/mol. The molecular formula is C13H19N3. The molecule has 0 aliphatic rings. The third-order valence-corrected chi connectivity index (χ3v) is 2.56. The second kappa shape index (κ2) is 6.86. The normalized spacial score (nSPS) is 11.8. The number of nitriles is 1. The Morgan fingerprint density at radius 2 is 2.06 bits per heavy atom. The number of nitrogens with one attached hydrogen (secondary N) is 1. The van der Waals surface area contributed by atoms with Crippen molar-refractivity contribution in [1.82, 2.24) is 5.32 Å². The smallest absolute Gasteiger partial charge is 0.0969 e. The van der Waals surface area contributed by atoms with Crippen molar-refractivity contribution in [1.29, 1.82) is 5.26 Å². The van der Waals surface area contributed by atoms with Crippen LogP contribution in [0.25, 0.3) is 0 Å². The van der Waals surface area contributed by atoms with Gasteiger partial charge in [0.05, 0.1) is 12.1 Å². The van der Waals surface area contributed by atoms with Crippen molar-refractivity contribution in [3.63, 3.8) is 0 Å². The van der Waals surface area contributed by atoms with E-state index in [1.165, 1.54) is 5.69 Å². The van der Waals surface area contributed by atoms with Crippen LogP contribution in [0.2, 0.25) is 0 Å². The van der Waals surface area contributed by atoms with Gasteiger partial charge in [0.25, 0.3) is 0 Å². The van der Waals surface area contributed by atoms with Crippen molar-refractivity contribution >= 4 is 5.69 Å². The molecule has 0 spiro atoms. The van der Waals surface area contributed by atoms with E-state index in [1.807, 2.05) is 25.1 Å². The Balaban J connectivity index is 2.41. The van der Waals surface area contributed by atoms with Crippen LogP contribution in [0, 0.1) is 11.3 Å². The van der Waals surface area contributed by atoms with Crippen molar-refractivity contribution in [2.75, 3.05) is 25.0 Å². The molecule has 0 radical (unpaired) electrons. The quantitative estimate of drug-likeness (QED) is 0.792. The van der Waals surface area contributed by atoms with Crippen molar-refractivity contribution in [2.24, 2.45) is 0 Å². The Kier molecular flexibility index (Phi) is 5.38. The van der Waals surface area contributed by atoms with Crippen LogP contribution >= 0.6 is 0 Å². The number of nitrogens with zero attached hydrogens (tertiary/aromatic N) is 2. The lowest BCUT2D eigenvalue weighted by Gasteiger charge is -2.20. The van der Waals surface area contributed by atoms with E-state index in [-0.39, 0.29) is 6.04 Å². The maximum atomic E-state index is 8.91. The van der Waals surface area contributed by atoms with Gasteiger partial charge in [-0.15, -0.1) is 0 Å². The van der Waals surface area contributed by atoms with Gasteiger partial charge in [-0.05, 0) is 25.1 Å². The van der Waals surface area contributed by atoms with E-state index in [1.54, 1.807) is 0 Å². The number of anilines is 1. The maximum Gasteiger partial charge on any atom is 0.0969 e. The Morgan fingerprint density at radius 3 is 2.62 bits per heavy atom. The van der Waals surface area contributed by atoms with Crippen LogP contribution in [-0.4, -0.2) is 26.2 Å². The molecule has 0 saturated carbocycles. The van der Waals surface area contributed by atoms with Gasteiger partial charge in [-0.3, -0.25) is 0 Å². The highest BCUT2D eigenvalue weighted by Crippen LogP contribution is 2.11. The van der Waals surface area contributed by atoms with Gasteiger partial charge in [0.2, 0.25) is 0 Å². The summed E-state index contributed by atoms with van der Waals surface area (Å²) in [5, 5.41) is 12.1. The summed E-state index contributed by atoms with van der Waals surface area (Å²) < 4.78 is 0. The molecule has 0 aliphatic carbocycles. The highest BCUT2D eigenvalue weighted by atomic mass is 15.1. The molecule has 1 aromatic rings. The zero-order chi connectivity index (χ0) is 11.8. The molecule has 1 rings (SSSR count). The average molecular weight is 217 g/mol. The van der Waals surface area contributed by atoms with E-state index in [0.717, 1.165) is 19.5 Å². The highest BCUT2D eigenvalue weighted by Gasteiger charge is 2.07. The first-order chi connectivity index (χ1) is 7.77. The molecule has 0 aliphatic heterocycles. The van der Waals surface area contributed by atoms with Gasteiger partial charge in [0.1, 0.15) is 0 Å². The van der Waals surface area contributed by atoms with Crippen molar-refractivity contribution < 1.29 is 0 Å². The summed E-state index contributed by atoms with van der Waals surface area (Å²) in [6.07, 6.45) is 0.843. The van der Waals surface area contributed by atoms with E-state index in [2.05, 4.69) is 35.5 Å². The Hall–Kier alpha value is -1.53. The second-order valence-electron chi connectivity index (χ2n) is 3.79. The Labute approximate surface area is 97.7 Å². The van der Waals surface area contributed by atoms with Crippen LogP contribution in [0.3, 0.4) is 0 Å². The molecule has 3 heteroatoms. The fraction of sp³-hybridized carbons (Fsp3) is 0.462. The molecule has 0 fully saturated rings. The lowest BCUT2D eigenvalue weighted by atomic mass is 10.2. The summed E-state index contributed by atoms with van der Waals surface area (Å²) in [5.41, 5.74) is 1.19. The van der Waals surface area contributed by atoms with Gasteiger partial charge >= 0.3 is 0 Å². The van der Waals surface area contributed by atoms with E-state index >= 15 is 0 Å². The van der Waals surface area contributed by atoms with Gasteiger partial charge in [-0.25, -0.2) is 0 Å². The number of para-hydroxylation sites is 1. The van der Waals surface area contributed by atoms with Crippen molar-refractivity contribution in [2.45, 2.75) is 19.4 Å². The van der Waals surface area contributed by atoms with Gasteiger partial charge in [-0.2, -0.15) is 5.26 Å². The molecule has 16 heavy (non-hydrogen) atoms. The number of benzene rings is 1. The summed E-state index contributed by atoms with van der Waals surface area (Å²) >= 11 is 0. The van der Waals surface area contributed by atoms with E-state index in [4.69, 9.17) is 5.26 Å². The maximum absolute atomic E-state index is 8.91. The van der Waals surface area contributed by atoms with E-state index in [0.29, 0.717) is 0 Å². The van der Waals surface area contributed by atoms with Crippen LogP contribution in [0.5, 0.6) is 0 Å². The molecule has 1 unspecified atom stereocenters. The molecule has 1 aromatic carbocycles. The third-order valence-electron chi connectivity index (χ3n) is 2.56. The fourth-order valence-electron chi connectivity index (χ4n) is 1.59. The Morgan fingerprint density at radius 1 is 1.38 bits per heavy atom. The van der Waals surface area contributed by atoms with Crippen molar-refractivity contribution in [3.05, 3.63) is 30.3 Å². The first kappa shape index (κ1) is 12.5. The SMILES string of the molecule is CCNC(C#N)CCN(C)c1ccccc1. The molecule has 1 N–H and O–H groups in total. The van der Waals surface area contributed by atoms with Crippen LogP contribution in [-0.2, 0) is 0 Å². The number of hydrogen-bond donors (Lipinski definition) is 1. The largest absolute Gasteiger partial charge is 0.375 e. The predicted octanol–water partition coefficient (Wildman–Crippen LogP) is 2.01. The van der Waals surface area contributed by atoms with Crippen LogP contribution in [0.15, 0.2) is 30.3 Å². The number of rotatable bonds is 6. The minimum Gasteiger partial charge on any atom is -0.375 e. The molecular weight excluding hydrogens is 198 g/mol. The second-order valence-corrected chi connectivity index (χ2v) is 3.79. The van der Waals surface area contributed by atoms with Gasteiger partial charge in [0.15, 0.2) is 0 Å². The lowest BCUT2D eigenvalue weighted by Crippen LogP contribution is -2.31. The summed E-state index contributed by atoms with van der Waals surface area (Å²) in [6.45, 7) is 3.74. The first-order valence-corrected chi connectivity index (χ1v) is 5.67. The van der Waals surface area contributed by atoms with Gasteiger partial charge < -0.3 is 10.2 Å². The van der Waals surface area contributed by atoms with E-state index < -0.39 is 0 Å². The standard InChI is InChI=1S/C13H19N3/c1-3-15-12(11-14)9-10-16(2)13-7-5-4-6-8-13/h4-8,12,15H,3,9-10H2,1-2H3. The fourth-order valence-corrected chi connectivity index (χ4v) is 1.59. The molecule has 0 amide bonds. The van der Waals surface area contributed by atoms with E-state index in [9.17, 15) is 0 Å². The van der Waals surface area contributed by atoms with Gasteiger partial charge in [-0.1, -0.05) is 25.1 Å². The highest BCUT2D eigenvalue weighted by molar-refractivity contribution is 5.44. The molecule has 0 saturated heterocycles. The number of hydrogen-bond acceptors (Lipinski definition) is 3. The summed E-state index contributed by atoms with van der Waals surface area (Å²) in [4.78, 5) is 2.17. The summed E-state index contributed by atoms with van der Waals surface area (Å²) in [6, 6.07) is 12.4. The molecule has 0 aromatic heterocycles. The average Bonchev–Trinajstić information content (AvgIpc) is 2.35. The zero-order valence-corrected chi connectivity index (χ0v) is 9.98. The molecule has 0 bridgehead atoms. The molecule has 0 heterocycles. The van der Waals surface area contributed by atoms with Crippen molar-refractivity contribution in [3.8, 4) is 6.07 Å². The van der Waals surface area contributed by atoms with Crippen LogP contribution < -0.4 is 10.2 Å². The summed E-state index contributed by atoms with van der Waals surface area (Å²) in [7, 11) is 2.05. The molecule has 3 nitrogen and oxygen atoms in total. The minimum atomic E-state index is -0.0452. The zero-order valence-electron chi connectivity index (χ0n) is 9.98. The first-order valence-electron chi connectivity index (χ1n) is 5.67. The van der Waals surface area contributed by atoms with Gasteiger partial charge in [0, 0.05) is 19.3 Å². The monoisotopic (exact) mass is 217 g/mol. The Bertz CT molecular complexity index is 329. The topological polar surface area (TPSA) is 39.1 Å². The van der Waals surface area contributed by atoms with Crippen LogP contribution in [0.4, 0.5) is 5.69 Å². The molecule has 86 valence electrons. The lowest BCUT2D eigenvalue weighted by molar-refractivity contribution is 0.582.